The van der Waals surface area contributed by atoms with Crippen LogP contribution in [0.1, 0.15) is 48.3 Å². The number of hydrogen-bond donors (Lipinski definition) is 2. The van der Waals surface area contributed by atoms with E-state index in [0.29, 0.717) is 18.0 Å². The van der Waals surface area contributed by atoms with E-state index >= 15 is 0 Å². The summed E-state index contributed by atoms with van der Waals surface area (Å²) in [7, 11) is 1.64. The van der Waals surface area contributed by atoms with Crippen LogP contribution in [0.3, 0.4) is 0 Å². The number of pyridine rings is 2. The molecular weight excluding hydrogens is 456 g/mol. The standard InChI is InChI=1S/C27H30N6O.H2S/c1-17(2)12-20-9-8-19(15-30-20)24-13-25(33-16-32-24)31-14-18(3)21-6-5-7-22-23(27(34)28-4)10-11-29-26(21)22;/h5-11,13,15-18H,12,14H2,1-4H3,(H,28,34)(H,31,32,33);1H2/t18-;/m1./s1. The summed E-state index contributed by atoms with van der Waals surface area (Å²) in [6.45, 7) is 7.17. The number of benzene rings is 1. The minimum absolute atomic E-state index is 0. The molecular formula is C27H32N6OS. The summed E-state index contributed by atoms with van der Waals surface area (Å²) in [6.07, 6.45) is 6.09. The first-order valence-corrected chi connectivity index (χ1v) is 11.6. The number of nitrogens with one attached hydrogen (secondary N) is 2. The van der Waals surface area contributed by atoms with E-state index in [-0.39, 0.29) is 25.3 Å². The van der Waals surface area contributed by atoms with Crippen LogP contribution in [-0.2, 0) is 6.42 Å². The normalized spacial score (nSPS) is 11.7. The van der Waals surface area contributed by atoms with Crippen molar-refractivity contribution in [2.24, 2.45) is 5.92 Å². The van der Waals surface area contributed by atoms with E-state index in [2.05, 4.69) is 69.5 Å². The molecule has 0 saturated carbocycles. The van der Waals surface area contributed by atoms with Crippen molar-refractivity contribution in [1.82, 2.24) is 25.3 Å². The SMILES string of the molecule is CNC(=O)c1ccnc2c([C@H](C)CNc3cc(-c4ccc(CC(C)C)nc4)ncn3)cccc12.S. The number of para-hydroxylation sites is 1. The molecule has 0 aliphatic carbocycles. The monoisotopic (exact) mass is 488 g/mol. The number of fused-ring (bicyclic) bond motifs is 1. The molecule has 4 rings (SSSR count). The molecule has 0 aliphatic rings. The van der Waals surface area contributed by atoms with Crippen LogP contribution in [0, 0.1) is 5.92 Å². The third kappa shape index (κ3) is 6.14. The Morgan fingerprint density at radius 1 is 1.00 bits per heavy atom. The van der Waals surface area contributed by atoms with Gasteiger partial charge in [0.25, 0.3) is 5.91 Å². The molecule has 0 spiro atoms. The lowest BCUT2D eigenvalue weighted by molar-refractivity contribution is 0.0964. The quantitative estimate of drug-likeness (QED) is 0.364. The molecule has 0 unspecified atom stereocenters. The van der Waals surface area contributed by atoms with Gasteiger partial charge in [0.1, 0.15) is 12.1 Å². The highest BCUT2D eigenvalue weighted by Crippen LogP contribution is 2.27. The van der Waals surface area contributed by atoms with Gasteiger partial charge in [0.15, 0.2) is 0 Å². The minimum Gasteiger partial charge on any atom is -0.369 e. The van der Waals surface area contributed by atoms with Gasteiger partial charge in [0.05, 0.1) is 16.8 Å². The van der Waals surface area contributed by atoms with Gasteiger partial charge >= 0.3 is 0 Å². The van der Waals surface area contributed by atoms with Crippen molar-refractivity contribution in [3.05, 3.63) is 78.0 Å². The number of anilines is 1. The smallest absolute Gasteiger partial charge is 0.251 e. The average molecular weight is 489 g/mol. The van der Waals surface area contributed by atoms with E-state index in [1.54, 1.807) is 25.6 Å². The molecule has 7 nitrogen and oxygen atoms in total. The highest BCUT2D eigenvalue weighted by atomic mass is 32.1. The Kier molecular flexibility index (Phi) is 8.76. The summed E-state index contributed by atoms with van der Waals surface area (Å²) in [5.74, 6) is 1.35. The van der Waals surface area contributed by atoms with Crippen molar-refractivity contribution in [1.29, 1.82) is 0 Å². The molecule has 0 radical (unpaired) electrons. The lowest BCUT2D eigenvalue weighted by atomic mass is 9.96. The fourth-order valence-electron chi connectivity index (χ4n) is 4.02. The number of hydrogen-bond acceptors (Lipinski definition) is 6. The van der Waals surface area contributed by atoms with Crippen molar-refractivity contribution in [3.8, 4) is 11.3 Å². The maximum Gasteiger partial charge on any atom is 0.251 e. The topological polar surface area (TPSA) is 92.7 Å². The number of aromatic nitrogens is 4. The third-order valence-electron chi connectivity index (χ3n) is 5.80. The summed E-state index contributed by atoms with van der Waals surface area (Å²) in [6, 6.07) is 13.8. The third-order valence-corrected chi connectivity index (χ3v) is 5.80. The average Bonchev–Trinajstić information content (AvgIpc) is 2.86. The molecule has 2 N–H and O–H groups in total. The van der Waals surface area contributed by atoms with Crippen LogP contribution in [0.2, 0.25) is 0 Å². The first-order valence-electron chi connectivity index (χ1n) is 11.6. The number of carbonyl (C=O) groups is 1. The van der Waals surface area contributed by atoms with Gasteiger partial charge in [-0.05, 0) is 36.1 Å². The fourth-order valence-corrected chi connectivity index (χ4v) is 4.02. The van der Waals surface area contributed by atoms with Crippen molar-refractivity contribution >= 4 is 36.1 Å². The van der Waals surface area contributed by atoms with Crippen molar-refractivity contribution in [2.75, 3.05) is 18.9 Å². The summed E-state index contributed by atoms with van der Waals surface area (Å²) >= 11 is 0. The number of nitrogens with zero attached hydrogens (tertiary/aromatic N) is 4. The zero-order valence-electron chi connectivity index (χ0n) is 20.5. The first-order chi connectivity index (χ1) is 16.5. The van der Waals surface area contributed by atoms with Crippen LogP contribution in [0.4, 0.5) is 5.82 Å². The van der Waals surface area contributed by atoms with E-state index in [0.717, 1.165) is 45.7 Å². The molecule has 0 fully saturated rings. The molecule has 35 heavy (non-hydrogen) atoms. The van der Waals surface area contributed by atoms with Crippen LogP contribution >= 0.6 is 13.5 Å². The summed E-state index contributed by atoms with van der Waals surface area (Å²) < 4.78 is 0. The van der Waals surface area contributed by atoms with Gasteiger partial charge in [0, 0.05) is 54.6 Å². The number of carbonyl (C=O) groups excluding carboxylic acids is 1. The molecule has 1 aromatic carbocycles. The Morgan fingerprint density at radius 2 is 1.83 bits per heavy atom. The maximum atomic E-state index is 12.3. The largest absolute Gasteiger partial charge is 0.369 e. The molecule has 0 saturated heterocycles. The van der Waals surface area contributed by atoms with Gasteiger partial charge in [-0.15, -0.1) is 0 Å². The zero-order valence-corrected chi connectivity index (χ0v) is 21.5. The molecule has 8 heteroatoms. The van der Waals surface area contributed by atoms with E-state index in [4.69, 9.17) is 0 Å². The zero-order chi connectivity index (χ0) is 24.1. The molecule has 0 bridgehead atoms. The second-order valence-electron chi connectivity index (χ2n) is 8.89. The second-order valence-corrected chi connectivity index (χ2v) is 8.89. The predicted octanol–water partition coefficient (Wildman–Crippen LogP) is 4.97. The lowest BCUT2D eigenvalue weighted by Gasteiger charge is -2.16. The fraction of sp³-hybridized carbons (Fsp3) is 0.296. The van der Waals surface area contributed by atoms with Gasteiger partial charge in [-0.2, -0.15) is 13.5 Å². The molecule has 1 amide bonds. The Balaban J connectivity index is 0.00000342. The molecule has 3 heterocycles. The van der Waals surface area contributed by atoms with Gasteiger partial charge in [-0.25, -0.2) is 9.97 Å². The van der Waals surface area contributed by atoms with E-state index in [9.17, 15) is 4.79 Å². The van der Waals surface area contributed by atoms with Crippen LogP contribution < -0.4 is 10.6 Å². The second kappa shape index (κ2) is 11.8. The van der Waals surface area contributed by atoms with Gasteiger partial charge < -0.3 is 10.6 Å². The predicted molar refractivity (Wildman–Crippen MR) is 146 cm³/mol. The Morgan fingerprint density at radius 3 is 2.54 bits per heavy atom. The molecule has 0 aliphatic heterocycles. The first kappa shape index (κ1) is 26.1. The van der Waals surface area contributed by atoms with E-state index in [1.807, 2.05) is 24.4 Å². The number of amides is 1. The van der Waals surface area contributed by atoms with Crippen LogP contribution in [0.5, 0.6) is 0 Å². The number of rotatable bonds is 8. The van der Waals surface area contributed by atoms with Crippen molar-refractivity contribution in [2.45, 2.75) is 33.1 Å². The Labute approximate surface area is 213 Å². The molecule has 182 valence electrons. The van der Waals surface area contributed by atoms with Crippen molar-refractivity contribution in [3.63, 3.8) is 0 Å². The maximum absolute atomic E-state index is 12.3. The molecule has 3 aromatic heterocycles. The van der Waals surface area contributed by atoms with Gasteiger partial charge in [-0.1, -0.05) is 39.0 Å². The van der Waals surface area contributed by atoms with E-state index in [1.165, 1.54) is 0 Å². The van der Waals surface area contributed by atoms with Gasteiger partial charge in [-0.3, -0.25) is 14.8 Å². The summed E-state index contributed by atoms with van der Waals surface area (Å²) in [5.41, 5.74) is 5.43. The van der Waals surface area contributed by atoms with Crippen LogP contribution in [0.25, 0.3) is 22.2 Å². The molecule has 1 atom stereocenters. The summed E-state index contributed by atoms with van der Waals surface area (Å²) in [4.78, 5) is 30.2. The Bertz CT molecular complexity index is 1290. The van der Waals surface area contributed by atoms with E-state index < -0.39 is 0 Å². The van der Waals surface area contributed by atoms with Gasteiger partial charge in [0.2, 0.25) is 0 Å². The Hall–Kier alpha value is -3.52. The highest BCUT2D eigenvalue weighted by Gasteiger charge is 2.15. The minimum atomic E-state index is -0.115. The van der Waals surface area contributed by atoms with Crippen LogP contribution in [-0.4, -0.2) is 39.4 Å². The van der Waals surface area contributed by atoms with Crippen LogP contribution in [0.15, 0.2) is 61.2 Å². The van der Waals surface area contributed by atoms with Crippen molar-refractivity contribution < 1.29 is 4.79 Å². The summed E-state index contributed by atoms with van der Waals surface area (Å²) in [5, 5.41) is 6.98. The molecule has 4 aromatic rings. The highest BCUT2D eigenvalue weighted by molar-refractivity contribution is 7.59. The lowest BCUT2D eigenvalue weighted by Crippen LogP contribution is -2.18.